The first kappa shape index (κ1) is 19.1. The maximum Gasteiger partial charge on any atom is 0.226 e. The Labute approximate surface area is 166 Å². The van der Waals surface area contributed by atoms with Crippen molar-refractivity contribution in [1.82, 2.24) is 10.6 Å². The molecule has 0 radical (unpaired) electrons. The minimum atomic E-state index is -0.362. The SMILES string of the molecule is COc1ccc(OC)c(CNC(=O)C23CC4CC(CC(NC(C)=O)(C4)C2)C3)c1. The van der Waals surface area contributed by atoms with Crippen LogP contribution in [0.25, 0.3) is 0 Å². The number of nitrogens with one attached hydrogen (secondary N) is 2. The third kappa shape index (κ3) is 3.33. The fourth-order valence-corrected chi connectivity index (χ4v) is 6.43. The molecule has 0 heterocycles. The minimum Gasteiger partial charge on any atom is -0.497 e. The van der Waals surface area contributed by atoms with Gasteiger partial charge in [-0.15, -0.1) is 0 Å². The van der Waals surface area contributed by atoms with E-state index in [4.69, 9.17) is 9.47 Å². The van der Waals surface area contributed by atoms with Crippen LogP contribution in [0.5, 0.6) is 11.5 Å². The molecule has 4 saturated carbocycles. The fourth-order valence-electron chi connectivity index (χ4n) is 6.43. The number of methoxy groups -OCH3 is 2. The predicted octanol–water partition coefficient (Wildman–Crippen LogP) is 2.80. The van der Waals surface area contributed by atoms with E-state index in [9.17, 15) is 9.59 Å². The molecular formula is C22H30N2O4. The topological polar surface area (TPSA) is 76.7 Å². The summed E-state index contributed by atoms with van der Waals surface area (Å²) in [6.45, 7) is 1.99. The van der Waals surface area contributed by atoms with Crippen molar-refractivity contribution in [3.05, 3.63) is 23.8 Å². The second-order valence-electron chi connectivity index (χ2n) is 9.06. The predicted molar refractivity (Wildman–Crippen MR) is 105 cm³/mol. The Kier molecular flexibility index (Phi) is 4.76. The molecule has 152 valence electrons. The molecule has 4 bridgehead atoms. The molecule has 0 spiro atoms. The van der Waals surface area contributed by atoms with Gasteiger partial charge in [-0.05, 0) is 68.6 Å². The van der Waals surface area contributed by atoms with Crippen molar-refractivity contribution in [3.63, 3.8) is 0 Å². The molecule has 2 N–H and O–H groups in total. The zero-order chi connectivity index (χ0) is 19.9. The van der Waals surface area contributed by atoms with Crippen molar-refractivity contribution in [1.29, 1.82) is 0 Å². The van der Waals surface area contributed by atoms with E-state index in [0.29, 0.717) is 18.4 Å². The van der Waals surface area contributed by atoms with Crippen molar-refractivity contribution in [2.45, 2.75) is 57.5 Å². The normalized spacial score (nSPS) is 32.7. The highest BCUT2D eigenvalue weighted by molar-refractivity contribution is 5.84. The summed E-state index contributed by atoms with van der Waals surface area (Å²) in [7, 11) is 3.25. The summed E-state index contributed by atoms with van der Waals surface area (Å²) >= 11 is 0. The summed E-state index contributed by atoms with van der Waals surface area (Å²) < 4.78 is 10.7. The quantitative estimate of drug-likeness (QED) is 0.788. The standard InChI is InChI=1S/C22H30N2O4/c1-14(25)24-22-10-15-6-16(11-22)9-21(8-15,13-22)20(26)23-12-17-7-18(27-2)4-5-19(17)28-3/h4-5,7,15-16H,6,8-13H2,1-3H3,(H,23,26)(H,24,25). The summed E-state index contributed by atoms with van der Waals surface area (Å²) in [6, 6.07) is 5.61. The van der Waals surface area contributed by atoms with E-state index < -0.39 is 0 Å². The van der Waals surface area contributed by atoms with Gasteiger partial charge in [0, 0.05) is 24.6 Å². The summed E-state index contributed by atoms with van der Waals surface area (Å²) in [4.78, 5) is 25.2. The Hall–Kier alpha value is -2.24. The van der Waals surface area contributed by atoms with Gasteiger partial charge < -0.3 is 20.1 Å². The summed E-state index contributed by atoms with van der Waals surface area (Å²) in [5, 5.41) is 6.38. The third-order valence-electron chi connectivity index (χ3n) is 6.91. The lowest BCUT2D eigenvalue weighted by atomic mass is 9.46. The number of benzene rings is 1. The zero-order valence-electron chi connectivity index (χ0n) is 17.0. The Bertz CT molecular complexity index is 777. The molecule has 4 aliphatic rings. The maximum absolute atomic E-state index is 13.4. The average molecular weight is 386 g/mol. The lowest BCUT2D eigenvalue weighted by Gasteiger charge is -2.61. The van der Waals surface area contributed by atoms with Gasteiger partial charge in [-0.3, -0.25) is 9.59 Å². The molecule has 0 aromatic heterocycles. The number of ether oxygens (including phenoxy) is 2. The number of hydrogen-bond donors (Lipinski definition) is 2. The van der Waals surface area contributed by atoms with Gasteiger partial charge in [0.05, 0.1) is 19.6 Å². The molecule has 1 aromatic carbocycles. The Morgan fingerprint density at radius 2 is 1.82 bits per heavy atom. The lowest BCUT2D eigenvalue weighted by molar-refractivity contribution is -0.153. The van der Waals surface area contributed by atoms with Crippen LogP contribution in [0.1, 0.15) is 51.0 Å². The fraction of sp³-hybridized carbons (Fsp3) is 0.636. The highest BCUT2D eigenvalue weighted by Gasteiger charge is 2.60. The summed E-state index contributed by atoms with van der Waals surface area (Å²) in [5.74, 6) is 2.67. The van der Waals surface area contributed by atoms with Crippen LogP contribution in [0.15, 0.2) is 18.2 Å². The third-order valence-corrected chi connectivity index (χ3v) is 6.91. The first-order valence-corrected chi connectivity index (χ1v) is 10.1. The van der Waals surface area contributed by atoms with Crippen LogP contribution in [0.4, 0.5) is 0 Å². The second-order valence-corrected chi connectivity index (χ2v) is 9.06. The molecule has 4 fully saturated rings. The number of rotatable bonds is 6. The molecule has 2 atom stereocenters. The molecule has 6 nitrogen and oxygen atoms in total. The van der Waals surface area contributed by atoms with E-state index in [1.54, 1.807) is 21.1 Å². The number of carbonyl (C=O) groups excluding carboxylic acids is 2. The minimum absolute atomic E-state index is 0.0126. The van der Waals surface area contributed by atoms with Crippen LogP contribution in [-0.4, -0.2) is 31.6 Å². The van der Waals surface area contributed by atoms with Crippen molar-refractivity contribution in [2.24, 2.45) is 17.3 Å². The first-order valence-electron chi connectivity index (χ1n) is 10.1. The molecule has 5 rings (SSSR count). The maximum atomic E-state index is 13.4. The number of hydrogen-bond acceptors (Lipinski definition) is 4. The molecule has 4 aliphatic carbocycles. The van der Waals surface area contributed by atoms with E-state index in [1.807, 2.05) is 18.2 Å². The van der Waals surface area contributed by atoms with Crippen LogP contribution in [-0.2, 0) is 16.1 Å². The molecule has 2 unspecified atom stereocenters. The number of amides is 2. The smallest absolute Gasteiger partial charge is 0.226 e. The summed E-state index contributed by atoms with van der Waals surface area (Å²) in [6.07, 6.45) is 5.86. The van der Waals surface area contributed by atoms with E-state index >= 15 is 0 Å². The molecule has 6 heteroatoms. The van der Waals surface area contributed by atoms with Gasteiger partial charge in [-0.2, -0.15) is 0 Å². The largest absolute Gasteiger partial charge is 0.497 e. The zero-order valence-corrected chi connectivity index (χ0v) is 17.0. The van der Waals surface area contributed by atoms with Crippen molar-refractivity contribution < 1.29 is 19.1 Å². The molecule has 0 aliphatic heterocycles. The van der Waals surface area contributed by atoms with Crippen LogP contribution in [0.2, 0.25) is 0 Å². The Morgan fingerprint density at radius 3 is 2.43 bits per heavy atom. The molecular weight excluding hydrogens is 356 g/mol. The highest BCUT2D eigenvalue weighted by atomic mass is 16.5. The first-order chi connectivity index (χ1) is 13.4. The van der Waals surface area contributed by atoms with Gasteiger partial charge in [0.2, 0.25) is 11.8 Å². The van der Waals surface area contributed by atoms with Gasteiger partial charge in [-0.25, -0.2) is 0 Å². The van der Waals surface area contributed by atoms with E-state index in [1.165, 1.54) is 6.42 Å². The number of carbonyl (C=O) groups is 2. The van der Waals surface area contributed by atoms with Crippen molar-refractivity contribution in [3.8, 4) is 11.5 Å². The van der Waals surface area contributed by atoms with Crippen molar-refractivity contribution >= 4 is 11.8 Å². The summed E-state index contributed by atoms with van der Waals surface area (Å²) in [5.41, 5.74) is 0.344. The van der Waals surface area contributed by atoms with Gasteiger partial charge in [0.1, 0.15) is 11.5 Å². The monoisotopic (exact) mass is 386 g/mol. The van der Waals surface area contributed by atoms with Crippen LogP contribution < -0.4 is 20.1 Å². The molecule has 0 saturated heterocycles. The van der Waals surface area contributed by atoms with Crippen LogP contribution in [0, 0.1) is 17.3 Å². The molecule has 28 heavy (non-hydrogen) atoms. The van der Waals surface area contributed by atoms with Gasteiger partial charge in [0.25, 0.3) is 0 Å². The van der Waals surface area contributed by atoms with Crippen LogP contribution >= 0.6 is 0 Å². The lowest BCUT2D eigenvalue weighted by Crippen LogP contribution is -2.65. The van der Waals surface area contributed by atoms with E-state index in [-0.39, 0.29) is 22.8 Å². The Morgan fingerprint density at radius 1 is 1.11 bits per heavy atom. The van der Waals surface area contributed by atoms with Crippen LogP contribution in [0.3, 0.4) is 0 Å². The Balaban J connectivity index is 1.51. The van der Waals surface area contributed by atoms with E-state index in [2.05, 4.69) is 10.6 Å². The van der Waals surface area contributed by atoms with E-state index in [0.717, 1.165) is 49.2 Å². The van der Waals surface area contributed by atoms with Crippen molar-refractivity contribution in [2.75, 3.05) is 14.2 Å². The highest BCUT2D eigenvalue weighted by Crippen LogP contribution is 2.61. The van der Waals surface area contributed by atoms with Gasteiger partial charge in [-0.1, -0.05) is 0 Å². The second kappa shape index (κ2) is 6.98. The van der Waals surface area contributed by atoms with Gasteiger partial charge >= 0.3 is 0 Å². The molecule has 2 amide bonds. The molecule has 1 aromatic rings. The average Bonchev–Trinajstić information content (AvgIpc) is 2.63. The van der Waals surface area contributed by atoms with Gasteiger partial charge in [0.15, 0.2) is 0 Å².